The second-order valence-corrected chi connectivity index (χ2v) is 4.01. The molecule has 0 bridgehead atoms. The van der Waals surface area contributed by atoms with Crippen LogP contribution in [0.15, 0.2) is 0 Å². The Bertz CT molecular complexity index is 131. The zero-order valence-electron chi connectivity index (χ0n) is 8.09. The van der Waals surface area contributed by atoms with E-state index in [1.54, 1.807) is 0 Å². The van der Waals surface area contributed by atoms with Crippen LogP contribution in [0.2, 0.25) is 0 Å². The molecule has 2 atom stereocenters. The number of unbranched alkanes of at least 4 members (excludes halogenated alkanes) is 3. The largest absolute Gasteiger partial charge is 0.303 e. The maximum absolute atomic E-state index is 10.2. The summed E-state index contributed by atoms with van der Waals surface area (Å²) in [5.41, 5.74) is 0. The first-order valence-corrected chi connectivity index (χ1v) is 5.32. The van der Waals surface area contributed by atoms with E-state index >= 15 is 0 Å². The Hall–Kier alpha value is -0.330. The zero-order chi connectivity index (χ0) is 8.81. The van der Waals surface area contributed by atoms with Gasteiger partial charge in [0.2, 0.25) is 0 Å². The molecule has 0 saturated heterocycles. The van der Waals surface area contributed by atoms with Gasteiger partial charge in [-0.1, -0.05) is 39.0 Å². The average molecular weight is 168 g/mol. The predicted octanol–water partition coefficient (Wildman–Crippen LogP) is 3.18. The summed E-state index contributed by atoms with van der Waals surface area (Å²) < 4.78 is 0. The highest BCUT2D eigenvalue weighted by Gasteiger charge is 2.35. The van der Waals surface area contributed by atoms with Crippen LogP contribution in [0, 0.1) is 11.8 Å². The Morgan fingerprint density at radius 2 is 2.08 bits per heavy atom. The Balaban J connectivity index is 1.86. The minimum atomic E-state index is 0.768. The lowest BCUT2D eigenvalue weighted by atomic mass is 10.1. The molecule has 1 saturated carbocycles. The first-order valence-electron chi connectivity index (χ1n) is 5.32. The van der Waals surface area contributed by atoms with Crippen LogP contribution < -0.4 is 0 Å². The molecule has 0 aromatic carbocycles. The second kappa shape index (κ2) is 5.34. The third kappa shape index (κ3) is 3.38. The van der Waals surface area contributed by atoms with Crippen molar-refractivity contribution in [1.29, 1.82) is 0 Å². The number of carbonyl (C=O) groups excluding carboxylic acids is 1. The number of carbonyl (C=O) groups is 1. The third-order valence-electron chi connectivity index (χ3n) is 2.90. The van der Waals surface area contributed by atoms with Gasteiger partial charge in [-0.3, -0.25) is 0 Å². The SMILES string of the molecule is CCCCCC[C@@H]1C[C@@H]1CC=O. The van der Waals surface area contributed by atoms with Gasteiger partial charge in [-0.2, -0.15) is 0 Å². The van der Waals surface area contributed by atoms with Crippen molar-refractivity contribution in [1.82, 2.24) is 0 Å². The van der Waals surface area contributed by atoms with Gasteiger partial charge in [0.25, 0.3) is 0 Å². The highest BCUT2D eigenvalue weighted by Crippen LogP contribution is 2.44. The Kier molecular flexibility index (Phi) is 4.34. The first kappa shape index (κ1) is 9.76. The van der Waals surface area contributed by atoms with Crippen LogP contribution in [0.5, 0.6) is 0 Å². The lowest BCUT2D eigenvalue weighted by Crippen LogP contribution is -1.85. The predicted molar refractivity (Wildman–Crippen MR) is 51.0 cm³/mol. The Morgan fingerprint density at radius 3 is 2.75 bits per heavy atom. The standard InChI is InChI=1S/C11H20O/c1-2-3-4-5-6-10-9-11(10)7-8-12/h8,10-11H,2-7,9H2,1H3/t10-,11+/m1/s1. The number of hydrogen-bond acceptors (Lipinski definition) is 1. The fourth-order valence-electron chi connectivity index (χ4n) is 1.91. The van der Waals surface area contributed by atoms with E-state index in [4.69, 9.17) is 0 Å². The first-order chi connectivity index (χ1) is 5.88. The molecule has 0 amide bonds. The van der Waals surface area contributed by atoms with E-state index in [0.29, 0.717) is 0 Å². The van der Waals surface area contributed by atoms with Crippen LogP contribution in [0.25, 0.3) is 0 Å². The summed E-state index contributed by atoms with van der Waals surface area (Å²) in [5, 5.41) is 0. The molecular formula is C11H20O. The fourth-order valence-corrected chi connectivity index (χ4v) is 1.91. The molecule has 70 valence electrons. The van der Waals surface area contributed by atoms with E-state index in [1.807, 2.05) is 0 Å². The van der Waals surface area contributed by atoms with Crippen molar-refractivity contribution in [3.8, 4) is 0 Å². The summed E-state index contributed by atoms with van der Waals surface area (Å²) in [6, 6.07) is 0. The van der Waals surface area contributed by atoms with Gasteiger partial charge in [0.15, 0.2) is 0 Å². The van der Waals surface area contributed by atoms with Gasteiger partial charge < -0.3 is 4.79 Å². The minimum absolute atomic E-state index is 0.768. The summed E-state index contributed by atoms with van der Waals surface area (Å²) in [4.78, 5) is 10.2. The molecule has 1 aliphatic rings. The second-order valence-electron chi connectivity index (χ2n) is 4.01. The highest BCUT2D eigenvalue weighted by atomic mass is 16.1. The van der Waals surface area contributed by atoms with Gasteiger partial charge in [-0.05, 0) is 18.3 Å². The Labute approximate surface area is 75.5 Å². The quantitative estimate of drug-likeness (QED) is 0.421. The van der Waals surface area contributed by atoms with Crippen molar-refractivity contribution in [2.45, 2.75) is 51.9 Å². The van der Waals surface area contributed by atoms with Gasteiger partial charge in [-0.25, -0.2) is 0 Å². The monoisotopic (exact) mass is 168 g/mol. The molecule has 1 aliphatic carbocycles. The fraction of sp³-hybridized carbons (Fsp3) is 0.909. The van der Waals surface area contributed by atoms with Crippen molar-refractivity contribution < 1.29 is 4.79 Å². The van der Waals surface area contributed by atoms with Gasteiger partial charge in [-0.15, -0.1) is 0 Å². The van der Waals surface area contributed by atoms with Crippen molar-refractivity contribution in [3.05, 3.63) is 0 Å². The maximum Gasteiger partial charge on any atom is 0.120 e. The van der Waals surface area contributed by atoms with Crippen LogP contribution in [-0.4, -0.2) is 6.29 Å². The minimum Gasteiger partial charge on any atom is -0.303 e. The van der Waals surface area contributed by atoms with Crippen molar-refractivity contribution >= 4 is 6.29 Å². The van der Waals surface area contributed by atoms with E-state index in [0.717, 1.165) is 24.5 Å². The van der Waals surface area contributed by atoms with E-state index in [2.05, 4.69) is 6.92 Å². The molecule has 0 spiro atoms. The molecule has 1 rings (SSSR count). The number of rotatable bonds is 7. The van der Waals surface area contributed by atoms with Crippen molar-refractivity contribution in [3.63, 3.8) is 0 Å². The molecule has 0 unspecified atom stereocenters. The molecule has 0 radical (unpaired) electrons. The number of aldehydes is 1. The molecule has 0 aliphatic heterocycles. The normalized spacial score (nSPS) is 27.1. The average Bonchev–Trinajstić information content (AvgIpc) is 2.79. The molecule has 0 heterocycles. The van der Waals surface area contributed by atoms with Crippen LogP contribution >= 0.6 is 0 Å². The smallest absolute Gasteiger partial charge is 0.120 e. The third-order valence-corrected chi connectivity index (χ3v) is 2.90. The highest BCUT2D eigenvalue weighted by molar-refractivity contribution is 5.50. The van der Waals surface area contributed by atoms with Crippen molar-refractivity contribution in [2.24, 2.45) is 11.8 Å². The summed E-state index contributed by atoms with van der Waals surface area (Å²) in [6.45, 7) is 2.24. The van der Waals surface area contributed by atoms with Gasteiger partial charge >= 0.3 is 0 Å². The summed E-state index contributed by atoms with van der Waals surface area (Å²) in [5.74, 6) is 1.68. The molecule has 1 fully saturated rings. The lowest BCUT2D eigenvalue weighted by Gasteiger charge is -1.97. The van der Waals surface area contributed by atoms with Crippen LogP contribution in [0.1, 0.15) is 51.9 Å². The molecule has 0 aromatic rings. The lowest BCUT2D eigenvalue weighted by molar-refractivity contribution is -0.108. The summed E-state index contributed by atoms with van der Waals surface area (Å²) in [6.07, 6.45) is 10.1. The van der Waals surface area contributed by atoms with E-state index in [9.17, 15) is 4.79 Å². The molecule has 0 aromatic heterocycles. The molecule has 1 nitrogen and oxygen atoms in total. The topological polar surface area (TPSA) is 17.1 Å². The maximum atomic E-state index is 10.2. The Morgan fingerprint density at radius 1 is 1.25 bits per heavy atom. The van der Waals surface area contributed by atoms with E-state index in [1.165, 1.54) is 38.5 Å². The van der Waals surface area contributed by atoms with Gasteiger partial charge in [0, 0.05) is 6.42 Å². The van der Waals surface area contributed by atoms with E-state index in [-0.39, 0.29) is 0 Å². The van der Waals surface area contributed by atoms with Gasteiger partial charge in [0.1, 0.15) is 6.29 Å². The van der Waals surface area contributed by atoms with Crippen molar-refractivity contribution in [2.75, 3.05) is 0 Å². The molecular weight excluding hydrogens is 148 g/mol. The van der Waals surface area contributed by atoms with Crippen LogP contribution in [0.3, 0.4) is 0 Å². The molecule has 1 heteroatoms. The summed E-state index contributed by atoms with van der Waals surface area (Å²) in [7, 11) is 0. The van der Waals surface area contributed by atoms with E-state index < -0.39 is 0 Å². The van der Waals surface area contributed by atoms with Crippen LogP contribution in [0.4, 0.5) is 0 Å². The molecule has 12 heavy (non-hydrogen) atoms. The molecule has 0 N–H and O–H groups in total. The zero-order valence-corrected chi connectivity index (χ0v) is 8.09. The summed E-state index contributed by atoms with van der Waals surface area (Å²) >= 11 is 0. The number of hydrogen-bond donors (Lipinski definition) is 0. The van der Waals surface area contributed by atoms with Crippen LogP contribution in [-0.2, 0) is 4.79 Å². The van der Waals surface area contributed by atoms with Gasteiger partial charge in [0.05, 0.1) is 0 Å².